The second-order valence-corrected chi connectivity index (χ2v) is 8.61. The zero-order valence-corrected chi connectivity index (χ0v) is 14.9. The third-order valence-electron chi connectivity index (χ3n) is 2.58. The molecule has 0 spiro atoms. The molecule has 2 aromatic carbocycles. The van der Waals surface area contributed by atoms with E-state index >= 15 is 0 Å². The monoisotopic (exact) mass is 434 g/mol. The predicted molar refractivity (Wildman–Crippen MR) is 98.1 cm³/mol. The first-order valence-corrected chi connectivity index (χ1v) is 9.91. The number of hydrogen-bond donors (Lipinski definition) is 2. The minimum atomic E-state index is -3.34. The molecule has 112 valence electrons. The van der Waals surface area contributed by atoms with E-state index in [1.54, 1.807) is 18.2 Å². The number of sulfonamides is 1. The van der Waals surface area contributed by atoms with E-state index in [0.717, 1.165) is 8.47 Å². The average Bonchev–Trinajstić information content (AvgIpc) is 2.38. The Labute approximate surface area is 142 Å². The van der Waals surface area contributed by atoms with E-state index in [1.807, 2.05) is 30.3 Å². The van der Waals surface area contributed by atoms with E-state index in [1.165, 1.54) is 11.8 Å². The van der Waals surface area contributed by atoms with Gasteiger partial charge in [-0.1, -0.05) is 12.1 Å². The van der Waals surface area contributed by atoms with Gasteiger partial charge in [-0.2, -0.15) is 0 Å². The number of thioether (sulfide) groups is 1. The summed E-state index contributed by atoms with van der Waals surface area (Å²) in [4.78, 5) is 0.972. The zero-order valence-electron chi connectivity index (χ0n) is 11.1. The van der Waals surface area contributed by atoms with Crippen molar-refractivity contribution >= 4 is 55.8 Å². The summed E-state index contributed by atoms with van der Waals surface area (Å²) in [6, 6.07) is 14.7. The van der Waals surface area contributed by atoms with Crippen molar-refractivity contribution < 1.29 is 8.42 Å². The number of anilines is 2. The van der Waals surface area contributed by atoms with Gasteiger partial charge in [0.05, 0.1) is 5.75 Å². The molecule has 0 heterocycles. The third-order valence-corrected chi connectivity index (χ3v) is 5.79. The Hall–Kier alpha value is -0.930. The molecule has 0 atom stereocenters. The smallest absolute Gasteiger partial charge is 0.233 e. The number of rotatable bonds is 6. The third kappa shape index (κ3) is 5.76. The fourth-order valence-electron chi connectivity index (χ4n) is 1.66. The summed E-state index contributed by atoms with van der Waals surface area (Å²) in [5, 5.41) is 0. The number of nitrogen functional groups attached to an aromatic ring is 1. The molecule has 2 rings (SSSR count). The molecular formula is C14H15IN2O2S2. The standard InChI is InChI=1S/C14H15IN2O2S2/c15-11-3-1-5-13(9-11)17-21(18,19)8-7-20-14-6-2-4-12(16)10-14/h1-6,9-10,17H,7-8,16H2. The van der Waals surface area contributed by atoms with Crippen LogP contribution in [-0.2, 0) is 10.0 Å². The summed E-state index contributed by atoms with van der Waals surface area (Å²) in [6.07, 6.45) is 0. The van der Waals surface area contributed by atoms with Crippen molar-refractivity contribution in [2.75, 3.05) is 22.0 Å². The van der Waals surface area contributed by atoms with Crippen LogP contribution in [0.25, 0.3) is 0 Å². The lowest BCUT2D eigenvalue weighted by Crippen LogP contribution is -2.18. The van der Waals surface area contributed by atoms with Gasteiger partial charge in [-0.25, -0.2) is 8.42 Å². The van der Waals surface area contributed by atoms with E-state index in [0.29, 0.717) is 17.1 Å². The van der Waals surface area contributed by atoms with E-state index < -0.39 is 10.0 Å². The summed E-state index contributed by atoms with van der Waals surface area (Å²) in [5.41, 5.74) is 6.96. The molecule has 0 saturated heterocycles. The number of hydrogen-bond acceptors (Lipinski definition) is 4. The highest BCUT2D eigenvalue weighted by Gasteiger charge is 2.10. The molecule has 4 nitrogen and oxygen atoms in total. The molecule has 0 aliphatic heterocycles. The molecule has 0 aliphatic carbocycles. The summed E-state index contributed by atoms with van der Waals surface area (Å²) in [7, 11) is -3.34. The van der Waals surface area contributed by atoms with Gasteiger partial charge >= 0.3 is 0 Å². The highest BCUT2D eigenvalue weighted by atomic mass is 127. The molecule has 0 saturated carbocycles. The second kappa shape index (κ2) is 7.37. The quantitative estimate of drug-likeness (QED) is 0.415. The molecule has 0 unspecified atom stereocenters. The van der Waals surface area contributed by atoms with Crippen LogP contribution in [0.15, 0.2) is 53.4 Å². The van der Waals surface area contributed by atoms with Gasteiger partial charge in [0.2, 0.25) is 10.0 Å². The van der Waals surface area contributed by atoms with Crippen LogP contribution in [0.4, 0.5) is 11.4 Å². The van der Waals surface area contributed by atoms with Gasteiger partial charge in [-0.3, -0.25) is 4.72 Å². The topological polar surface area (TPSA) is 72.2 Å². The number of benzene rings is 2. The van der Waals surface area contributed by atoms with Crippen molar-refractivity contribution in [1.29, 1.82) is 0 Å². The summed E-state index contributed by atoms with van der Waals surface area (Å²) in [6.45, 7) is 0. The molecular weight excluding hydrogens is 419 g/mol. The van der Waals surface area contributed by atoms with Crippen LogP contribution >= 0.6 is 34.4 Å². The predicted octanol–water partition coefficient (Wildman–Crippen LogP) is 3.41. The van der Waals surface area contributed by atoms with Crippen LogP contribution in [0.2, 0.25) is 0 Å². The first-order chi connectivity index (χ1) is 9.94. The minimum absolute atomic E-state index is 0.0535. The number of halogens is 1. The molecule has 0 aromatic heterocycles. The molecule has 0 radical (unpaired) electrons. The lowest BCUT2D eigenvalue weighted by molar-refractivity contribution is 0.602. The molecule has 2 aromatic rings. The maximum atomic E-state index is 12.0. The highest BCUT2D eigenvalue weighted by Crippen LogP contribution is 2.21. The first-order valence-electron chi connectivity index (χ1n) is 6.19. The molecule has 3 N–H and O–H groups in total. The minimum Gasteiger partial charge on any atom is -0.399 e. The zero-order chi connectivity index (χ0) is 15.3. The maximum absolute atomic E-state index is 12.0. The SMILES string of the molecule is Nc1cccc(SCCS(=O)(=O)Nc2cccc(I)c2)c1. The average molecular weight is 434 g/mol. The summed E-state index contributed by atoms with van der Waals surface area (Å²) >= 11 is 3.62. The van der Waals surface area contributed by atoms with Crippen LogP contribution < -0.4 is 10.5 Å². The van der Waals surface area contributed by atoms with Gasteiger partial charge in [0.15, 0.2) is 0 Å². The second-order valence-electron chi connectivity index (χ2n) is 4.35. The van der Waals surface area contributed by atoms with Crippen molar-refractivity contribution in [2.24, 2.45) is 0 Å². The molecule has 21 heavy (non-hydrogen) atoms. The molecule has 0 bridgehead atoms. The van der Waals surface area contributed by atoms with Crippen molar-refractivity contribution in [1.82, 2.24) is 0 Å². The summed E-state index contributed by atoms with van der Waals surface area (Å²) in [5.74, 6) is 0.528. The highest BCUT2D eigenvalue weighted by molar-refractivity contribution is 14.1. The Bertz CT molecular complexity index is 720. The van der Waals surface area contributed by atoms with Gasteiger partial charge in [0, 0.05) is 25.6 Å². The van der Waals surface area contributed by atoms with Crippen molar-refractivity contribution in [3.63, 3.8) is 0 Å². The van der Waals surface area contributed by atoms with Crippen molar-refractivity contribution in [3.05, 3.63) is 52.1 Å². The number of nitrogens with two attached hydrogens (primary N) is 1. The van der Waals surface area contributed by atoms with Gasteiger partial charge < -0.3 is 5.73 Å². The normalized spacial score (nSPS) is 11.3. The number of nitrogens with one attached hydrogen (secondary N) is 1. The van der Waals surface area contributed by atoms with Crippen LogP contribution in [0.5, 0.6) is 0 Å². The van der Waals surface area contributed by atoms with Crippen LogP contribution in [0, 0.1) is 3.57 Å². The van der Waals surface area contributed by atoms with E-state index in [4.69, 9.17) is 5.73 Å². The maximum Gasteiger partial charge on any atom is 0.233 e. The van der Waals surface area contributed by atoms with Gasteiger partial charge in [-0.05, 0) is 59.0 Å². The Morgan fingerprint density at radius 3 is 2.62 bits per heavy atom. The van der Waals surface area contributed by atoms with Crippen LogP contribution in [-0.4, -0.2) is 19.9 Å². The first kappa shape index (κ1) is 16.4. The van der Waals surface area contributed by atoms with E-state index in [9.17, 15) is 8.42 Å². The fraction of sp³-hybridized carbons (Fsp3) is 0.143. The molecule has 0 fully saturated rings. The lowest BCUT2D eigenvalue weighted by atomic mass is 10.3. The largest absolute Gasteiger partial charge is 0.399 e. The Morgan fingerprint density at radius 2 is 1.90 bits per heavy atom. The van der Waals surface area contributed by atoms with Gasteiger partial charge in [0.25, 0.3) is 0 Å². The van der Waals surface area contributed by atoms with Crippen molar-refractivity contribution in [2.45, 2.75) is 4.90 Å². The van der Waals surface area contributed by atoms with E-state index in [2.05, 4.69) is 27.3 Å². The van der Waals surface area contributed by atoms with Gasteiger partial charge in [-0.15, -0.1) is 11.8 Å². The van der Waals surface area contributed by atoms with E-state index in [-0.39, 0.29) is 5.75 Å². The van der Waals surface area contributed by atoms with Gasteiger partial charge in [0.1, 0.15) is 0 Å². The summed E-state index contributed by atoms with van der Waals surface area (Å²) < 4.78 is 27.6. The van der Waals surface area contributed by atoms with Crippen LogP contribution in [0.3, 0.4) is 0 Å². The molecule has 7 heteroatoms. The molecule has 0 aliphatic rings. The fourth-order valence-corrected chi connectivity index (χ4v) is 4.63. The Kier molecular flexibility index (Phi) is 5.77. The molecule has 0 amide bonds. The van der Waals surface area contributed by atoms with Crippen LogP contribution in [0.1, 0.15) is 0 Å². The van der Waals surface area contributed by atoms with Crippen molar-refractivity contribution in [3.8, 4) is 0 Å². The lowest BCUT2D eigenvalue weighted by Gasteiger charge is -2.08. The Morgan fingerprint density at radius 1 is 1.14 bits per heavy atom. The Balaban J connectivity index is 1.90.